The molecule has 0 amide bonds. The van der Waals surface area contributed by atoms with Crippen LogP contribution >= 0.6 is 0 Å². The third-order valence-corrected chi connectivity index (χ3v) is 5.82. The highest BCUT2D eigenvalue weighted by atomic mass is 16.5. The van der Waals surface area contributed by atoms with E-state index in [2.05, 4.69) is 44.3 Å². The molecular weight excluding hydrogens is 310 g/mol. The van der Waals surface area contributed by atoms with E-state index in [-0.39, 0.29) is 0 Å². The lowest BCUT2D eigenvalue weighted by atomic mass is 9.91. The van der Waals surface area contributed by atoms with Crippen LogP contribution in [0.25, 0.3) is 0 Å². The van der Waals surface area contributed by atoms with Gasteiger partial charge in [-0.05, 0) is 43.2 Å². The molecule has 1 aromatic carbocycles. The molecular formula is C22H37NO2. The predicted molar refractivity (Wildman–Crippen MR) is 105 cm³/mol. The fourth-order valence-corrected chi connectivity index (χ4v) is 3.66. The van der Waals surface area contributed by atoms with E-state index in [1.165, 1.54) is 44.1 Å². The summed E-state index contributed by atoms with van der Waals surface area (Å²) in [6.45, 7) is 7.56. The van der Waals surface area contributed by atoms with Gasteiger partial charge in [-0.25, -0.2) is 0 Å². The van der Waals surface area contributed by atoms with Crippen molar-refractivity contribution in [2.75, 3.05) is 13.2 Å². The van der Waals surface area contributed by atoms with Crippen LogP contribution in [0.1, 0.15) is 77.2 Å². The normalized spacial score (nSPS) is 19.8. The fourth-order valence-electron chi connectivity index (χ4n) is 3.66. The van der Waals surface area contributed by atoms with E-state index in [1.807, 2.05) is 6.07 Å². The van der Waals surface area contributed by atoms with Crippen molar-refractivity contribution in [2.45, 2.75) is 83.8 Å². The molecule has 0 radical (unpaired) electrons. The van der Waals surface area contributed by atoms with Crippen LogP contribution in [0.2, 0.25) is 0 Å². The first-order valence-corrected chi connectivity index (χ1v) is 10.2. The first kappa shape index (κ1) is 20.3. The van der Waals surface area contributed by atoms with Crippen molar-refractivity contribution in [3.63, 3.8) is 0 Å². The van der Waals surface area contributed by atoms with Gasteiger partial charge in [-0.15, -0.1) is 0 Å². The lowest BCUT2D eigenvalue weighted by molar-refractivity contribution is 0.101. The zero-order valence-corrected chi connectivity index (χ0v) is 16.3. The van der Waals surface area contributed by atoms with Gasteiger partial charge < -0.3 is 15.2 Å². The number of hydrogen-bond acceptors (Lipinski definition) is 3. The van der Waals surface area contributed by atoms with E-state index < -0.39 is 6.10 Å². The van der Waals surface area contributed by atoms with Crippen LogP contribution in [-0.2, 0) is 0 Å². The fraction of sp³-hybridized carbons (Fsp3) is 0.727. The lowest BCUT2D eigenvalue weighted by Gasteiger charge is -2.23. The van der Waals surface area contributed by atoms with Crippen LogP contribution in [0.5, 0.6) is 5.75 Å². The molecule has 0 aromatic heterocycles. The largest absolute Gasteiger partial charge is 0.491 e. The molecule has 0 saturated heterocycles. The Labute approximate surface area is 154 Å². The van der Waals surface area contributed by atoms with E-state index in [4.69, 9.17) is 4.74 Å². The SMILES string of the molecule is CCC(C)C(C)NCC(O)COc1ccccc1C1CCCCCC1. The van der Waals surface area contributed by atoms with E-state index in [0.717, 1.165) is 12.2 Å². The second-order valence-corrected chi connectivity index (χ2v) is 7.77. The third kappa shape index (κ3) is 6.63. The van der Waals surface area contributed by atoms with Crippen molar-refractivity contribution in [3.05, 3.63) is 29.8 Å². The third-order valence-electron chi connectivity index (χ3n) is 5.82. The first-order valence-electron chi connectivity index (χ1n) is 10.2. The molecule has 1 fully saturated rings. The Morgan fingerprint density at radius 2 is 1.80 bits per heavy atom. The maximum absolute atomic E-state index is 10.3. The Kier molecular flexibility index (Phi) is 8.77. The smallest absolute Gasteiger partial charge is 0.122 e. The van der Waals surface area contributed by atoms with Crippen LogP contribution in [0.4, 0.5) is 0 Å². The molecule has 3 heteroatoms. The minimum absolute atomic E-state index is 0.351. The van der Waals surface area contributed by atoms with Crippen molar-refractivity contribution < 1.29 is 9.84 Å². The Bertz CT molecular complexity index is 483. The average Bonchev–Trinajstić information content (AvgIpc) is 2.93. The van der Waals surface area contributed by atoms with Crippen LogP contribution in [-0.4, -0.2) is 30.4 Å². The van der Waals surface area contributed by atoms with E-state index >= 15 is 0 Å². The maximum atomic E-state index is 10.3. The number of nitrogens with one attached hydrogen (secondary N) is 1. The van der Waals surface area contributed by atoms with Crippen LogP contribution in [0.15, 0.2) is 24.3 Å². The summed E-state index contributed by atoms with van der Waals surface area (Å²) in [6, 6.07) is 8.82. The molecule has 1 saturated carbocycles. The van der Waals surface area contributed by atoms with Gasteiger partial charge in [-0.2, -0.15) is 0 Å². The molecule has 2 rings (SSSR count). The van der Waals surface area contributed by atoms with E-state index in [1.54, 1.807) is 0 Å². The summed E-state index contributed by atoms with van der Waals surface area (Å²) in [4.78, 5) is 0. The number of rotatable bonds is 9. The van der Waals surface area contributed by atoms with Gasteiger partial charge in [0.15, 0.2) is 0 Å². The molecule has 3 nitrogen and oxygen atoms in total. The molecule has 1 aliphatic carbocycles. The summed E-state index contributed by atoms with van der Waals surface area (Å²) < 4.78 is 6.02. The number of para-hydroxylation sites is 1. The Hall–Kier alpha value is -1.06. The van der Waals surface area contributed by atoms with Crippen molar-refractivity contribution >= 4 is 0 Å². The molecule has 0 aliphatic heterocycles. The standard InChI is InChI=1S/C22H37NO2/c1-4-17(2)18(3)23-15-20(24)16-25-22-14-10-9-13-21(22)19-11-7-5-6-8-12-19/h9-10,13-14,17-20,23-24H,4-8,11-12,15-16H2,1-3H3. The topological polar surface area (TPSA) is 41.5 Å². The van der Waals surface area contributed by atoms with Crippen LogP contribution in [0.3, 0.4) is 0 Å². The van der Waals surface area contributed by atoms with Gasteiger partial charge in [-0.1, -0.05) is 64.2 Å². The van der Waals surface area contributed by atoms with Gasteiger partial charge in [0.1, 0.15) is 18.5 Å². The monoisotopic (exact) mass is 347 g/mol. The van der Waals surface area contributed by atoms with Crippen molar-refractivity contribution in [1.29, 1.82) is 0 Å². The highest BCUT2D eigenvalue weighted by molar-refractivity contribution is 5.36. The summed E-state index contributed by atoms with van der Waals surface area (Å²) in [7, 11) is 0. The molecule has 3 atom stereocenters. The number of hydrogen-bond donors (Lipinski definition) is 2. The number of aliphatic hydroxyl groups excluding tert-OH is 1. The Morgan fingerprint density at radius 3 is 2.48 bits per heavy atom. The van der Waals surface area contributed by atoms with E-state index in [0.29, 0.717) is 31.0 Å². The molecule has 25 heavy (non-hydrogen) atoms. The first-order chi connectivity index (χ1) is 12.1. The maximum Gasteiger partial charge on any atom is 0.122 e. The minimum Gasteiger partial charge on any atom is -0.491 e. The lowest BCUT2D eigenvalue weighted by Crippen LogP contribution is -2.39. The van der Waals surface area contributed by atoms with Crippen molar-refractivity contribution in [1.82, 2.24) is 5.32 Å². The van der Waals surface area contributed by atoms with Crippen molar-refractivity contribution in [2.24, 2.45) is 5.92 Å². The molecule has 0 spiro atoms. The van der Waals surface area contributed by atoms with Crippen LogP contribution < -0.4 is 10.1 Å². The van der Waals surface area contributed by atoms with Gasteiger partial charge in [0.25, 0.3) is 0 Å². The zero-order chi connectivity index (χ0) is 18.1. The Balaban J connectivity index is 1.85. The van der Waals surface area contributed by atoms with Gasteiger partial charge >= 0.3 is 0 Å². The zero-order valence-electron chi connectivity index (χ0n) is 16.3. The molecule has 1 aliphatic rings. The molecule has 0 bridgehead atoms. The van der Waals surface area contributed by atoms with Gasteiger partial charge in [-0.3, -0.25) is 0 Å². The summed E-state index contributed by atoms with van der Waals surface area (Å²) in [5.74, 6) is 2.19. The Morgan fingerprint density at radius 1 is 1.12 bits per heavy atom. The number of aliphatic hydroxyl groups is 1. The highest BCUT2D eigenvalue weighted by Gasteiger charge is 2.19. The number of benzene rings is 1. The summed E-state index contributed by atoms with van der Waals surface area (Å²) in [5, 5.41) is 13.7. The average molecular weight is 348 g/mol. The minimum atomic E-state index is -0.478. The second-order valence-electron chi connectivity index (χ2n) is 7.77. The predicted octanol–water partition coefficient (Wildman–Crippen LogP) is 4.89. The van der Waals surface area contributed by atoms with Gasteiger partial charge in [0, 0.05) is 12.6 Å². The summed E-state index contributed by atoms with van der Waals surface area (Å²) >= 11 is 0. The van der Waals surface area contributed by atoms with Crippen LogP contribution in [0, 0.1) is 5.92 Å². The van der Waals surface area contributed by atoms with Crippen molar-refractivity contribution in [3.8, 4) is 5.75 Å². The molecule has 142 valence electrons. The number of ether oxygens (including phenoxy) is 1. The highest BCUT2D eigenvalue weighted by Crippen LogP contribution is 2.36. The molecule has 2 N–H and O–H groups in total. The molecule has 0 heterocycles. The summed E-state index contributed by atoms with van der Waals surface area (Å²) in [6.07, 6.45) is 8.55. The molecule has 3 unspecified atom stereocenters. The summed E-state index contributed by atoms with van der Waals surface area (Å²) in [5.41, 5.74) is 1.33. The quantitative estimate of drug-likeness (QED) is 0.625. The second kappa shape index (κ2) is 10.8. The van der Waals surface area contributed by atoms with E-state index in [9.17, 15) is 5.11 Å². The molecule has 1 aromatic rings. The van der Waals surface area contributed by atoms with Gasteiger partial charge in [0.2, 0.25) is 0 Å². The van der Waals surface area contributed by atoms with Gasteiger partial charge in [0.05, 0.1) is 0 Å².